The van der Waals surface area contributed by atoms with Crippen LogP contribution in [0.1, 0.15) is 133 Å². The number of hydrogen-bond donors (Lipinski definition) is 0. The van der Waals surface area contributed by atoms with E-state index in [1.165, 1.54) is 101 Å². The Morgan fingerprint density at radius 2 is 0.850 bits per heavy atom. The third kappa shape index (κ3) is 8.12. The molecule has 0 spiro atoms. The lowest BCUT2D eigenvalue weighted by Crippen LogP contribution is -2.01. The number of para-hydroxylation sites is 2. The number of carbonyl (C=O) groups excluding carboxylic acids is 1. The smallest absolute Gasteiger partial charge is 0.197 e. The normalized spacial score (nSPS) is 11.7. The average molecular weight is 541 g/mol. The van der Waals surface area contributed by atoms with Crippen molar-refractivity contribution in [2.24, 2.45) is 0 Å². The molecular formula is C37H52N2O. The van der Waals surface area contributed by atoms with Crippen LogP contribution in [0.15, 0.2) is 60.9 Å². The lowest BCUT2D eigenvalue weighted by molar-refractivity contribution is 0.104. The van der Waals surface area contributed by atoms with E-state index in [0.717, 1.165) is 47.8 Å². The first-order valence-electron chi connectivity index (χ1n) is 16.4. The molecule has 0 amide bonds. The van der Waals surface area contributed by atoms with Crippen molar-refractivity contribution in [3.63, 3.8) is 0 Å². The van der Waals surface area contributed by atoms with Crippen LogP contribution < -0.4 is 0 Å². The third-order valence-corrected chi connectivity index (χ3v) is 8.57. The minimum atomic E-state index is 0.150. The van der Waals surface area contributed by atoms with Crippen LogP contribution in [0.25, 0.3) is 21.8 Å². The van der Waals surface area contributed by atoms with Crippen molar-refractivity contribution in [3.8, 4) is 0 Å². The molecule has 216 valence electrons. The SMILES string of the molecule is CCCCCCCCCCn1cc(C(=O)c2cn(CCCCCCCCCC)c3ccccc23)c2ccccc21. The van der Waals surface area contributed by atoms with Crippen molar-refractivity contribution in [3.05, 3.63) is 72.1 Å². The highest BCUT2D eigenvalue weighted by molar-refractivity contribution is 6.21. The van der Waals surface area contributed by atoms with Crippen LogP contribution in [-0.2, 0) is 13.1 Å². The maximum Gasteiger partial charge on any atom is 0.197 e. The summed E-state index contributed by atoms with van der Waals surface area (Å²) < 4.78 is 4.64. The Hall–Kier alpha value is -2.81. The predicted octanol–water partition coefficient (Wildman–Crippen LogP) is 11.1. The number of rotatable bonds is 20. The molecular weight excluding hydrogens is 488 g/mol. The van der Waals surface area contributed by atoms with E-state index in [2.05, 4.69) is 83.9 Å². The van der Waals surface area contributed by atoms with Crippen LogP contribution in [0.4, 0.5) is 0 Å². The van der Waals surface area contributed by atoms with E-state index in [0.29, 0.717) is 0 Å². The first-order chi connectivity index (χ1) is 19.7. The second kappa shape index (κ2) is 16.5. The van der Waals surface area contributed by atoms with Gasteiger partial charge in [-0.3, -0.25) is 4.79 Å². The van der Waals surface area contributed by atoms with Gasteiger partial charge in [-0.1, -0.05) is 140 Å². The van der Waals surface area contributed by atoms with Crippen molar-refractivity contribution in [1.82, 2.24) is 9.13 Å². The molecule has 2 heterocycles. The van der Waals surface area contributed by atoms with Gasteiger partial charge in [0, 0.05) is 58.4 Å². The zero-order chi connectivity index (χ0) is 28.0. The van der Waals surface area contributed by atoms with E-state index in [1.54, 1.807) is 0 Å². The van der Waals surface area contributed by atoms with Gasteiger partial charge in [-0.15, -0.1) is 0 Å². The Bertz CT molecular complexity index is 1210. The number of carbonyl (C=O) groups is 1. The fourth-order valence-electron chi connectivity index (χ4n) is 6.20. The average Bonchev–Trinajstić information content (AvgIpc) is 3.54. The lowest BCUT2D eigenvalue weighted by Gasteiger charge is -2.05. The van der Waals surface area contributed by atoms with Gasteiger partial charge in [-0.2, -0.15) is 0 Å². The molecule has 0 saturated carbocycles. The first-order valence-corrected chi connectivity index (χ1v) is 16.4. The molecule has 40 heavy (non-hydrogen) atoms. The second-order valence-corrected chi connectivity index (χ2v) is 11.8. The van der Waals surface area contributed by atoms with E-state index in [9.17, 15) is 4.79 Å². The maximum atomic E-state index is 14.1. The molecule has 0 radical (unpaired) electrons. The van der Waals surface area contributed by atoms with Gasteiger partial charge >= 0.3 is 0 Å². The molecule has 3 nitrogen and oxygen atoms in total. The fourth-order valence-corrected chi connectivity index (χ4v) is 6.20. The highest BCUT2D eigenvalue weighted by atomic mass is 16.1. The molecule has 2 aromatic carbocycles. The summed E-state index contributed by atoms with van der Waals surface area (Å²) in [4.78, 5) is 14.1. The molecule has 0 atom stereocenters. The molecule has 0 aliphatic carbocycles. The number of aryl methyl sites for hydroxylation is 2. The predicted molar refractivity (Wildman–Crippen MR) is 173 cm³/mol. The Labute approximate surface area is 243 Å². The number of nitrogens with zero attached hydrogens (tertiary/aromatic N) is 2. The highest BCUT2D eigenvalue weighted by Crippen LogP contribution is 2.29. The number of hydrogen-bond acceptors (Lipinski definition) is 1. The molecule has 4 aromatic rings. The minimum absolute atomic E-state index is 0.150. The van der Waals surface area contributed by atoms with Crippen molar-refractivity contribution < 1.29 is 4.79 Å². The van der Waals surface area contributed by atoms with Gasteiger partial charge in [0.05, 0.1) is 0 Å². The maximum absolute atomic E-state index is 14.1. The molecule has 0 N–H and O–H groups in total. The summed E-state index contributed by atoms with van der Waals surface area (Å²) in [6.45, 7) is 6.50. The Morgan fingerprint density at radius 1 is 0.500 bits per heavy atom. The second-order valence-electron chi connectivity index (χ2n) is 11.8. The number of ketones is 1. The van der Waals surface area contributed by atoms with E-state index in [4.69, 9.17) is 0 Å². The van der Waals surface area contributed by atoms with Gasteiger partial charge in [0.25, 0.3) is 0 Å². The number of benzene rings is 2. The Morgan fingerprint density at radius 3 is 1.25 bits per heavy atom. The van der Waals surface area contributed by atoms with Crippen LogP contribution in [0.5, 0.6) is 0 Å². The molecule has 0 fully saturated rings. The quantitative estimate of drug-likeness (QED) is 0.0809. The standard InChI is InChI=1S/C37H52N2O/c1-3-5-7-9-11-13-15-21-27-38-29-33(31-23-17-19-25-35(31)38)37(40)34-30-39(36-26-20-18-24-32(34)36)28-22-16-14-12-10-8-6-4-2/h17-20,23-26,29-30H,3-16,21-22,27-28H2,1-2H3. The summed E-state index contributed by atoms with van der Waals surface area (Å²) in [6.07, 6.45) is 25.2. The van der Waals surface area contributed by atoms with Crippen molar-refractivity contribution in [2.45, 2.75) is 130 Å². The number of fused-ring (bicyclic) bond motifs is 2. The Balaban J connectivity index is 1.42. The zero-order valence-electron chi connectivity index (χ0n) is 25.3. The summed E-state index contributed by atoms with van der Waals surface area (Å²) in [5.74, 6) is 0.150. The largest absolute Gasteiger partial charge is 0.347 e. The highest BCUT2D eigenvalue weighted by Gasteiger charge is 2.21. The molecule has 0 saturated heterocycles. The van der Waals surface area contributed by atoms with Gasteiger partial charge < -0.3 is 9.13 Å². The van der Waals surface area contributed by atoms with E-state index >= 15 is 0 Å². The monoisotopic (exact) mass is 540 g/mol. The summed E-state index contributed by atoms with van der Waals surface area (Å²) in [7, 11) is 0. The molecule has 0 unspecified atom stereocenters. The van der Waals surface area contributed by atoms with E-state index < -0.39 is 0 Å². The lowest BCUT2D eigenvalue weighted by atomic mass is 10.0. The van der Waals surface area contributed by atoms with E-state index in [1.807, 2.05) is 0 Å². The molecule has 4 rings (SSSR count). The summed E-state index contributed by atoms with van der Waals surface area (Å²) in [5, 5.41) is 2.15. The van der Waals surface area contributed by atoms with Gasteiger partial charge in [-0.25, -0.2) is 0 Å². The van der Waals surface area contributed by atoms with Gasteiger partial charge in [0.1, 0.15) is 0 Å². The van der Waals surface area contributed by atoms with Crippen molar-refractivity contribution in [2.75, 3.05) is 0 Å². The van der Waals surface area contributed by atoms with Gasteiger partial charge in [-0.05, 0) is 25.0 Å². The molecule has 0 aliphatic rings. The van der Waals surface area contributed by atoms with E-state index in [-0.39, 0.29) is 5.78 Å². The summed E-state index contributed by atoms with van der Waals surface area (Å²) in [6, 6.07) is 16.9. The third-order valence-electron chi connectivity index (χ3n) is 8.57. The topological polar surface area (TPSA) is 26.9 Å². The van der Waals surface area contributed by atoms with Crippen LogP contribution in [0.2, 0.25) is 0 Å². The molecule has 0 aliphatic heterocycles. The zero-order valence-corrected chi connectivity index (χ0v) is 25.3. The number of unbranched alkanes of at least 4 members (excludes halogenated alkanes) is 14. The van der Waals surface area contributed by atoms with Gasteiger partial charge in [0.2, 0.25) is 0 Å². The molecule has 2 aromatic heterocycles. The van der Waals surface area contributed by atoms with Crippen LogP contribution in [-0.4, -0.2) is 14.9 Å². The number of aromatic nitrogens is 2. The first kappa shape index (κ1) is 30.2. The summed E-state index contributed by atoms with van der Waals surface area (Å²) >= 11 is 0. The summed E-state index contributed by atoms with van der Waals surface area (Å²) in [5.41, 5.74) is 4.03. The molecule has 3 heteroatoms. The van der Waals surface area contributed by atoms with Crippen LogP contribution >= 0.6 is 0 Å². The van der Waals surface area contributed by atoms with Crippen LogP contribution in [0.3, 0.4) is 0 Å². The van der Waals surface area contributed by atoms with Crippen molar-refractivity contribution in [1.29, 1.82) is 0 Å². The van der Waals surface area contributed by atoms with Crippen LogP contribution in [0, 0.1) is 0 Å². The fraction of sp³-hybridized carbons (Fsp3) is 0.541. The molecule has 0 bridgehead atoms. The van der Waals surface area contributed by atoms with Gasteiger partial charge in [0.15, 0.2) is 5.78 Å². The van der Waals surface area contributed by atoms with Crippen molar-refractivity contribution >= 4 is 27.6 Å². The Kier molecular flexibility index (Phi) is 12.4. The minimum Gasteiger partial charge on any atom is -0.347 e.